The number of halogens is 2. The number of thiophene rings is 1. The summed E-state index contributed by atoms with van der Waals surface area (Å²) < 4.78 is 1.05. The van der Waals surface area contributed by atoms with Crippen LogP contribution >= 0.6 is 38.9 Å². The molecule has 18 heavy (non-hydrogen) atoms. The van der Waals surface area contributed by atoms with Gasteiger partial charge in [-0.15, -0.1) is 11.3 Å². The predicted molar refractivity (Wildman–Crippen MR) is 86.9 cm³/mol. The number of nitrogens with one attached hydrogen (secondary N) is 1. The Bertz CT molecular complexity index is 354. The molecule has 0 aliphatic carbocycles. The molecule has 1 heterocycles. The van der Waals surface area contributed by atoms with E-state index in [1.54, 1.807) is 11.3 Å². The Labute approximate surface area is 128 Å². The van der Waals surface area contributed by atoms with E-state index in [1.165, 1.54) is 17.7 Å². The van der Waals surface area contributed by atoms with Crippen LogP contribution in [0, 0.1) is 5.41 Å². The number of hydrogen-bond acceptors (Lipinski definition) is 2. The smallest absolute Gasteiger partial charge is 0.0887 e. The predicted octanol–water partition coefficient (Wildman–Crippen LogP) is 5.51. The first-order valence-electron chi connectivity index (χ1n) is 6.47. The van der Waals surface area contributed by atoms with E-state index in [0.717, 1.165) is 21.8 Å². The molecule has 104 valence electrons. The fraction of sp³-hybridized carbons (Fsp3) is 0.714. The van der Waals surface area contributed by atoms with Gasteiger partial charge in [-0.2, -0.15) is 0 Å². The van der Waals surface area contributed by atoms with Crippen molar-refractivity contribution in [1.29, 1.82) is 0 Å². The monoisotopic (exact) mass is 351 g/mol. The van der Waals surface area contributed by atoms with Crippen molar-refractivity contribution >= 4 is 38.9 Å². The van der Waals surface area contributed by atoms with Gasteiger partial charge in [0.15, 0.2) is 0 Å². The first kappa shape index (κ1) is 16.5. The summed E-state index contributed by atoms with van der Waals surface area (Å²) in [5.74, 6) is 0. The lowest BCUT2D eigenvalue weighted by Gasteiger charge is -2.25. The van der Waals surface area contributed by atoms with Crippen molar-refractivity contribution in [3.05, 3.63) is 19.8 Å². The highest BCUT2D eigenvalue weighted by atomic mass is 79.9. The molecule has 0 aromatic carbocycles. The van der Waals surface area contributed by atoms with Gasteiger partial charge in [0, 0.05) is 10.9 Å². The molecule has 0 saturated heterocycles. The van der Waals surface area contributed by atoms with Crippen LogP contribution in [0.3, 0.4) is 0 Å². The quantitative estimate of drug-likeness (QED) is 0.682. The molecule has 1 nitrogen and oxygen atoms in total. The van der Waals surface area contributed by atoms with Gasteiger partial charge in [0.1, 0.15) is 0 Å². The molecule has 1 rings (SSSR count). The summed E-state index contributed by atoms with van der Waals surface area (Å²) in [7, 11) is 0. The van der Waals surface area contributed by atoms with Gasteiger partial charge in [0.2, 0.25) is 0 Å². The van der Waals surface area contributed by atoms with E-state index in [9.17, 15) is 0 Å². The van der Waals surface area contributed by atoms with Crippen LogP contribution in [-0.2, 0) is 6.42 Å². The second-order valence-electron chi connectivity index (χ2n) is 5.86. The standard InChI is InChI=1S/C14H23BrClNS/c1-10(2)17-8-7-14(3,4)6-5-11-9-12(16)13(15)18-11/h9-10,17H,5-8H2,1-4H3. The molecule has 0 spiro atoms. The zero-order valence-electron chi connectivity index (χ0n) is 11.6. The summed E-state index contributed by atoms with van der Waals surface area (Å²) in [6.45, 7) is 10.2. The minimum atomic E-state index is 0.380. The first-order chi connectivity index (χ1) is 8.30. The van der Waals surface area contributed by atoms with Crippen molar-refractivity contribution in [2.24, 2.45) is 5.41 Å². The topological polar surface area (TPSA) is 12.0 Å². The van der Waals surface area contributed by atoms with Crippen LogP contribution in [0.2, 0.25) is 5.02 Å². The van der Waals surface area contributed by atoms with Crippen molar-refractivity contribution in [3.8, 4) is 0 Å². The molecule has 1 aromatic rings. The molecule has 0 aliphatic rings. The van der Waals surface area contributed by atoms with Gasteiger partial charge >= 0.3 is 0 Å². The van der Waals surface area contributed by atoms with Crippen molar-refractivity contribution in [2.75, 3.05) is 6.54 Å². The van der Waals surface area contributed by atoms with Crippen molar-refractivity contribution in [3.63, 3.8) is 0 Å². The van der Waals surface area contributed by atoms with Gasteiger partial charge in [0.05, 0.1) is 8.81 Å². The van der Waals surface area contributed by atoms with Gasteiger partial charge in [-0.05, 0) is 53.2 Å². The lowest BCUT2D eigenvalue weighted by atomic mass is 9.84. The summed E-state index contributed by atoms with van der Waals surface area (Å²) in [5, 5.41) is 4.33. The van der Waals surface area contributed by atoms with Crippen molar-refractivity contribution < 1.29 is 0 Å². The molecule has 1 N–H and O–H groups in total. The number of aryl methyl sites for hydroxylation is 1. The number of rotatable bonds is 7. The van der Waals surface area contributed by atoms with Crippen LogP contribution in [0.4, 0.5) is 0 Å². The lowest BCUT2D eigenvalue weighted by molar-refractivity contribution is 0.299. The molecule has 0 bridgehead atoms. The summed E-state index contributed by atoms with van der Waals surface area (Å²) in [6.07, 6.45) is 3.53. The Balaban J connectivity index is 2.36. The van der Waals surface area contributed by atoms with Crippen molar-refractivity contribution in [1.82, 2.24) is 5.32 Å². The fourth-order valence-electron chi connectivity index (χ4n) is 1.80. The molecule has 0 amide bonds. The molecule has 1 aromatic heterocycles. The Kier molecular flexibility index (Phi) is 6.66. The summed E-state index contributed by atoms with van der Waals surface area (Å²) in [6, 6.07) is 2.66. The summed E-state index contributed by atoms with van der Waals surface area (Å²) in [4.78, 5) is 1.37. The van der Waals surface area contributed by atoms with E-state index in [4.69, 9.17) is 11.6 Å². The van der Waals surface area contributed by atoms with Crippen molar-refractivity contribution in [2.45, 2.75) is 53.0 Å². The second-order valence-corrected chi connectivity index (χ2v) is 8.72. The van der Waals surface area contributed by atoms with Crippen LogP contribution in [0.1, 0.15) is 45.4 Å². The molecular weight excluding hydrogens is 330 g/mol. The second kappa shape index (κ2) is 7.28. The molecule has 0 aliphatic heterocycles. The van der Waals surface area contributed by atoms with E-state index >= 15 is 0 Å². The molecule has 0 unspecified atom stereocenters. The molecule has 0 atom stereocenters. The Morgan fingerprint density at radius 2 is 2.06 bits per heavy atom. The third-order valence-electron chi connectivity index (χ3n) is 3.10. The molecule has 0 fully saturated rings. The van der Waals surface area contributed by atoms with Gasteiger partial charge in [-0.3, -0.25) is 0 Å². The van der Waals surface area contributed by atoms with E-state index in [1.807, 2.05) is 0 Å². The highest BCUT2D eigenvalue weighted by Crippen LogP contribution is 2.35. The Morgan fingerprint density at radius 3 is 2.56 bits per heavy atom. The van der Waals surface area contributed by atoms with Crippen LogP contribution in [-0.4, -0.2) is 12.6 Å². The van der Waals surface area contributed by atoms with Crippen LogP contribution < -0.4 is 5.32 Å². The normalized spacial score (nSPS) is 12.4. The molecular formula is C14H23BrClNS. The van der Waals surface area contributed by atoms with E-state index in [0.29, 0.717) is 11.5 Å². The Morgan fingerprint density at radius 1 is 1.39 bits per heavy atom. The zero-order chi connectivity index (χ0) is 13.8. The average molecular weight is 353 g/mol. The van der Waals surface area contributed by atoms with Gasteiger partial charge in [-0.1, -0.05) is 39.3 Å². The summed E-state index contributed by atoms with van der Waals surface area (Å²) in [5.41, 5.74) is 0.380. The van der Waals surface area contributed by atoms with Gasteiger partial charge in [-0.25, -0.2) is 0 Å². The largest absolute Gasteiger partial charge is 0.315 e. The van der Waals surface area contributed by atoms with Crippen LogP contribution in [0.25, 0.3) is 0 Å². The van der Waals surface area contributed by atoms with Gasteiger partial charge < -0.3 is 5.32 Å². The zero-order valence-corrected chi connectivity index (χ0v) is 14.8. The summed E-state index contributed by atoms with van der Waals surface area (Å²) >= 11 is 11.3. The van der Waals surface area contributed by atoms with Gasteiger partial charge in [0.25, 0.3) is 0 Å². The first-order valence-corrected chi connectivity index (χ1v) is 8.46. The highest BCUT2D eigenvalue weighted by molar-refractivity contribution is 9.11. The minimum Gasteiger partial charge on any atom is -0.315 e. The lowest BCUT2D eigenvalue weighted by Crippen LogP contribution is -2.27. The maximum absolute atomic E-state index is 6.05. The maximum atomic E-state index is 6.05. The maximum Gasteiger partial charge on any atom is 0.0887 e. The fourth-order valence-corrected chi connectivity index (χ4v) is 3.62. The Hall–Kier alpha value is 0.430. The molecule has 0 radical (unpaired) electrons. The molecule has 0 saturated carbocycles. The SMILES string of the molecule is CC(C)NCCC(C)(C)CCc1cc(Cl)c(Br)s1. The minimum absolute atomic E-state index is 0.380. The third-order valence-corrected chi connectivity index (χ3v) is 5.63. The van der Waals surface area contributed by atoms with E-state index in [-0.39, 0.29) is 0 Å². The third kappa shape index (κ3) is 6.05. The average Bonchev–Trinajstić information content (AvgIpc) is 2.55. The van der Waals surface area contributed by atoms with Crippen LogP contribution in [0.15, 0.2) is 9.85 Å². The molecule has 4 heteroatoms. The van der Waals surface area contributed by atoms with E-state index < -0.39 is 0 Å². The van der Waals surface area contributed by atoms with E-state index in [2.05, 4.69) is 55.0 Å². The number of hydrogen-bond donors (Lipinski definition) is 1. The highest BCUT2D eigenvalue weighted by Gasteiger charge is 2.18. The van der Waals surface area contributed by atoms with Crippen LogP contribution in [0.5, 0.6) is 0 Å².